The summed E-state index contributed by atoms with van der Waals surface area (Å²) in [6.45, 7) is 0.590. The SMILES string of the molecule is N#Cc1cc(Cl)ccc1NC1CCC(=O)NC1. The van der Waals surface area contributed by atoms with Gasteiger partial charge in [-0.05, 0) is 24.6 Å². The fourth-order valence-electron chi connectivity index (χ4n) is 1.81. The van der Waals surface area contributed by atoms with Crippen LogP contribution in [0.5, 0.6) is 0 Å². The first-order chi connectivity index (χ1) is 8.19. The van der Waals surface area contributed by atoms with E-state index in [1.54, 1.807) is 18.2 Å². The van der Waals surface area contributed by atoms with Gasteiger partial charge in [-0.2, -0.15) is 5.26 Å². The quantitative estimate of drug-likeness (QED) is 0.841. The number of anilines is 1. The summed E-state index contributed by atoms with van der Waals surface area (Å²) in [6.07, 6.45) is 1.30. The number of nitrogens with one attached hydrogen (secondary N) is 2. The second kappa shape index (κ2) is 5.07. The predicted octanol–water partition coefficient (Wildman–Crippen LogP) is 1.90. The average Bonchev–Trinajstić information content (AvgIpc) is 2.34. The third kappa shape index (κ3) is 2.89. The van der Waals surface area contributed by atoms with Crippen LogP contribution in [0.4, 0.5) is 5.69 Å². The highest BCUT2D eigenvalue weighted by Gasteiger charge is 2.18. The molecule has 0 spiro atoms. The van der Waals surface area contributed by atoms with Crippen LogP contribution in [0, 0.1) is 11.3 Å². The van der Waals surface area contributed by atoms with Crippen LogP contribution in [0.1, 0.15) is 18.4 Å². The smallest absolute Gasteiger partial charge is 0.220 e. The lowest BCUT2D eigenvalue weighted by atomic mass is 10.1. The Morgan fingerprint density at radius 2 is 2.35 bits per heavy atom. The number of amides is 1. The number of carbonyl (C=O) groups is 1. The van der Waals surface area contributed by atoms with Crippen molar-refractivity contribution in [3.63, 3.8) is 0 Å². The van der Waals surface area contributed by atoms with Gasteiger partial charge in [0.2, 0.25) is 5.91 Å². The Morgan fingerprint density at radius 3 is 3.00 bits per heavy atom. The number of halogens is 1. The molecule has 2 rings (SSSR count). The highest BCUT2D eigenvalue weighted by Crippen LogP contribution is 2.21. The molecule has 0 saturated carbocycles. The number of piperidine rings is 1. The topological polar surface area (TPSA) is 64.9 Å². The molecule has 1 aliphatic rings. The van der Waals surface area contributed by atoms with Crippen LogP contribution >= 0.6 is 11.6 Å². The summed E-state index contributed by atoms with van der Waals surface area (Å²) >= 11 is 5.82. The monoisotopic (exact) mass is 249 g/mol. The van der Waals surface area contributed by atoms with Crippen LogP contribution in [0.3, 0.4) is 0 Å². The van der Waals surface area contributed by atoms with Crippen molar-refractivity contribution in [1.82, 2.24) is 5.32 Å². The number of hydrogen-bond donors (Lipinski definition) is 2. The molecule has 4 nitrogen and oxygen atoms in total. The minimum Gasteiger partial charge on any atom is -0.379 e. The van der Waals surface area contributed by atoms with E-state index < -0.39 is 0 Å². The lowest BCUT2D eigenvalue weighted by molar-refractivity contribution is -0.122. The maximum Gasteiger partial charge on any atom is 0.220 e. The van der Waals surface area contributed by atoms with Crippen molar-refractivity contribution >= 4 is 23.2 Å². The van der Waals surface area contributed by atoms with Gasteiger partial charge in [-0.1, -0.05) is 11.6 Å². The summed E-state index contributed by atoms with van der Waals surface area (Å²) in [4.78, 5) is 11.0. The van der Waals surface area contributed by atoms with E-state index in [0.29, 0.717) is 23.6 Å². The molecule has 1 aromatic rings. The third-order valence-electron chi connectivity index (χ3n) is 2.73. The molecule has 1 saturated heterocycles. The molecule has 1 unspecified atom stereocenters. The number of benzene rings is 1. The minimum absolute atomic E-state index is 0.0830. The highest BCUT2D eigenvalue weighted by atomic mass is 35.5. The molecule has 0 aromatic heterocycles. The highest BCUT2D eigenvalue weighted by molar-refractivity contribution is 6.30. The number of rotatable bonds is 2. The number of carbonyl (C=O) groups excluding carboxylic acids is 1. The van der Waals surface area contributed by atoms with E-state index in [9.17, 15) is 4.79 Å². The Labute approximate surface area is 105 Å². The van der Waals surface area contributed by atoms with Gasteiger partial charge >= 0.3 is 0 Å². The molecule has 1 aliphatic heterocycles. The molecule has 1 heterocycles. The summed E-state index contributed by atoms with van der Waals surface area (Å²) in [5, 5.41) is 15.6. The second-order valence-corrected chi connectivity index (χ2v) is 4.42. The van der Waals surface area contributed by atoms with E-state index >= 15 is 0 Å². The van der Waals surface area contributed by atoms with E-state index in [4.69, 9.17) is 16.9 Å². The maximum absolute atomic E-state index is 11.0. The molecule has 1 fully saturated rings. The van der Waals surface area contributed by atoms with Crippen LogP contribution in [-0.2, 0) is 4.79 Å². The zero-order valence-corrected chi connectivity index (χ0v) is 9.92. The lowest BCUT2D eigenvalue weighted by Gasteiger charge is -2.24. The molecule has 0 bridgehead atoms. The molecule has 1 amide bonds. The number of nitriles is 1. The largest absolute Gasteiger partial charge is 0.379 e. The zero-order chi connectivity index (χ0) is 12.3. The van der Waals surface area contributed by atoms with E-state index in [2.05, 4.69) is 16.7 Å². The molecular formula is C12H12ClN3O. The summed E-state index contributed by atoms with van der Waals surface area (Å²) in [5.74, 6) is 0.0830. The van der Waals surface area contributed by atoms with Gasteiger partial charge in [0.05, 0.1) is 11.3 Å². The van der Waals surface area contributed by atoms with Crippen molar-refractivity contribution < 1.29 is 4.79 Å². The first-order valence-electron chi connectivity index (χ1n) is 5.42. The van der Waals surface area contributed by atoms with Gasteiger partial charge in [-0.15, -0.1) is 0 Å². The Morgan fingerprint density at radius 1 is 1.53 bits per heavy atom. The first-order valence-corrected chi connectivity index (χ1v) is 5.79. The van der Waals surface area contributed by atoms with Crippen LogP contribution in [0.15, 0.2) is 18.2 Å². The van der Waals surface area contributed by atoms with Crippen LogP contribution in [-0.4, -0.2) is 18.5 Å². The van der Waals surface area contributed by atoms with Crippen molar-refractivity contribution in [3.8, 4) is 6.07 Å². The van der Waals surface area contributed by atoms with E-state index in [1.165, 1.54) is 0 Å². The molecular weight excluding hydrogens is 238 g/mol. The molecule has 5 heteroatoms. The van der Waals surface area contributed by atoms with Crippen LogP contribution in [0.25, 0.3) is 0 Å². The van der Waals surface area contributed by atoms with Gasteiger partial charge in [0.25, 0.3) is 0 Å². The fourth-order valence-corrected chi connectivity index (χ4v) is 1.98. The van der Waals surface area contributed by atoms with E-state index in [1.807, 2.05) is 0 Å². The van der Waals surface area contributed by atoms with Gasteiger partial charge < -0.3 is 10.6 Å². The van der Waals surface area contributed by atoms with Gasteiger partial charge in [0, 0.05) is 24.0 Å². The Bertz CT molecular complexity index is 471. The molecule has 1 atom stereocenters. The molecule has 17 heavy (non-hydrogen) atoms. The first kappa shape index (κ1) is 11.7. The third-order valence-corrected chi connectivity index (χ3v) is 2.96. The summed E-state index contributed by atoms with van der Waals surface area (Å²) in [7, 11) is 0. The molecule has 2 N–H and O–H groups in total. The summed E-state index contributed by atoms with van der Waals surface area (Å²) < 4.78 is 0. The predicted molar refractivity (Wildman–Crippen MR) is 65.8 cm³/mol. The second-order valence-electron chi connectivity index (χ2n) is 3.99. The Hall–Kier alpha value is -1.73. The van der Waals surface area contributed by atoms with Crippen LogP contribution in [0.2, 0.25) is 5.02 Å². The standard InChI is InChI=1S/C12H12ClN3O/c13-9-1-3-11(8(5-9)6-14)16-10-2-4-12(17)15-7-10/h1,3,5,10,16H,2,4,7H2,(H,15,17). The number of nitrogens with zero attached hydrogens (tertiary/aromatic N) is 1. The van der Waals surface area contributed by atoms with Crippen molar-refractivity contribution in [2.75, 3.05) is 11.9 Å². The fraction of sp³-hybridized carbons (Fsp3) is 0.333. The summed E-state index contributed by atoms with van der Waals surface area (Å²) in [5.41, 5.74) is 1.28. The van der Waals surface area contributed by atoms with Gasteiger partial charge in [0.15, 0.2) is 0 Å². The molecule has 1 aromatic carbocycles. The maximum atomic E-state index is 11.0. The summed E-state index contributed by atoms with van der Waals surface area (Å²) in [6, 6.07) is 7.43. The molecule has 0 aliphatic carbocycles. The number of hydrogen-bond acceptors (Lipinski definition) is 3. The lowest BCUT2D eigenvalue weighted by Crippen LogP contribution is -2.41. The zero-order valence-electron chi connectivity index (χ0n) is 9.16. The Kier molecular flexibility index (Phi) is 3.50. The van der Waals surface area contributed by atoms with E-state index in [0.717, 1.165) is 12.1 Å². The van der Waals surface area contributed by atoms with E-state index in [-0.39, 0.29) is 11.9 Å². The van der Waals surface area contributed by atoms with Gasteiger partial charge in [-0.25, -0.2) is 0 Å². The van der Waals surface area contributed by atoms with Crippen molar-refractivity contribution in [3.05, 3.63) is 28.8 Å². The molecule has 0 radical (unpaired) electrons. The Balaban J connectivity index is 2.08. The normalized spacial score (nSPS) is 19.3. The van der Waals surface area contributed by atoms with Crippen molar-refractivity contribution in [2.45, 2.75) is 18.9 Å². The average molecular weight is 250 g/mol. The van der Waals surface area contributed by atoms with Gasteiger partial charge in [0.1, 0.15) is 6.07 Å². The van der Waals surface area contributed by atoms with Crippen molar-refractivity contribution in [2.24, 2.45) is 0 Å². The van der Waals surface area contributed by atoms with Crippen molar-refractivity contribution in [1.29, 1.82) is 5.26 Å². The minimum atomic E-state index is 0.0830. The molecule has 88 valence electrons. The van der Waals surface area contributed by atoms with Gasteiger partial charge in [-0.3, -0.25) is 4.79 Å². The van der Waals surface area contributed by atoms with Crippen LogP contribution < -0.4 is 10.6 Å².